The molecule has 120 valence electrons. The molecule has 0 atom stereocenters. The first-order valence-electron chi connectivity index (χ1n) is 5.96. The Bertz CT molecular complexity index is 611. The first-order chi connectivity index (χ1) is 9.50. The number of halogens is 4. The van der Waals surface area contributed by atoms with Gasteiger partial charge in [0.2, 0.25) is 0 Å². The largest absolute Gasteiger partial charge is 0.389 e. The van der Waals surface area contributed by atoms with Crippen LogP contribution in [0, 0.1) is 0 Å². The van der Waals surface area contributed by atoms with Crippen molar-refractivity contribution < 1.29 is 26.4 Å². The Morgan fingerprint density at radius 3 is 2.48 bits per heavy atom. The molecule has 0 fully saturated rings. The van der Waals surface area contributed by atoms with Gasteiger partial charge in [0.1, 0.15) is 10.6 Å². The number of amides is 1. The molecule has 1 heterocycles. The van der Waals surface area contributed by atoms with E-state index in [0.29, 0.717) is 0 Å². The molecule has 0 aliphatic carbocycles. The fourth-order valence-electron chi connectivity index (χ4n) is 1.64. The van der Waals surface area contributed by atoms with E-state index in [0.717, 1.165) is 6.07 Å². The van der Waals surface area contributed by atoms with Crippen LogP contribution in [0.2, 0.25) is 0 Å². The van der Waals surface area contributed by atoms with Gasteiger partial charge in [0.25, 0.3) is 15.0 Å². The summed E-state index contributed by atoms with van der Waals surface area (Å²) < 4.78 is 59.3. The molecule has 1 aromatic rings. The minimum atomic E-state index is -4.20. The average molecular weight is 347 g/mol. The molecular formula is C11H14ClF3N2O3S. The van der Waals surface area contributed by atoms with E-state index in [9.17, 15) is 26.4 Å². The number of aryl methyl sites for hydroxylation is 1. The first-order valence-corrected chi connectivity index (χ1v) is 8.27. The van der Waals surface area contributed by atoms with Crippen LogP contribution in [0.5, 0.6) is 0 Å². The van der Waals surface area contributed by atoms with Crippen molar-refractivity contribution in [3.8, 4) is 0 Å². The van der Waals surface area contributed by atoms with E-state index >= 15 is 0 Å². The zero-order valence-corrected chi connectivity index (χ0v) is 12.6. The number of unbranched alkanes of at least 4 members (excludes halogenated alkanes) is 1. The number of hydrogen-bond acceptors (Lipinski definition) is 3. The number of hydrogen-bond donors (Lipinski definition) is 1. The number of nitrogens with zero attached hydrogens (tertiary/aromatic N) is 1. The monoisotopic (exact) mass is 346 g/mol. The Kier molecular flexibility index (Phi) is 5.68. The zero-order chi connectivity index (χ0) is 16.3. The lowest BCUT2D eigenvalue weighted by Gasteiger charge is -2.07. The predicted molar refractivity (Wildman–Crippen MR) is 70.7 cm³/mol. The SMILES string of the molecule is Cn1cc(S(=O)(=O)Cl)cc1C(=O)NCCCCC(F)(F)F. The average Bonchev–Trinajstić information content (AvgIpc) is 2.69. The summed E-state index contributed by atoms with van der Waals surface area (Å²) >= 11 is 0. The summed E-state index contributed by atoms with van der Waals surface area (Å²) in [5.41, 5.74) is 0.0602. The Labute approximate surface area is 124 Å². The molecule has 0 radical (unpaired) electrons. The van der Waals surface area contributed by atoms with Gasteiger partial charge in [-0.2, -0.15) is 13.2 Å². The molecule has 1 N–H and O–H groups in total. The highest BCUT2D eigenvalue weighted by Gasteiger charge is 2.25. The molecule has 1 aromatic heterocycles. The van der Waals surface area contributed by atoms with E-state index in [1.165, 1.54) is 17.8 Å². The van der Waals surface area contributed by atoms with Gasteiger partial charge in [0.15, 0.2) is 0 Å². The predicted octanol–water partition coefficient (Wildman–Crippen LogP) is 2.42. The quantitative estimate of drug-likeness (QED) is 0.635. The van der Waals surface area contributed by atoms with Crippen molar-refractivity contribution in [2.24, 2.45) is 7.05 Å². The van der Waals surface area contributed by atoms with Gasteiger partial charge >= 0.3 is 6.18 Å². The zero-order valence-electron chi connectivity index (χ0n) is 11.1. The van der Waals surface area contributed by atoms with Crippen molar-refractivity contribution >= 4 is 25.6 Å². The van der Waals surface area contributed by atoms with Gasteiger partial charge in [-0.1, -0.05) is 0 Å². The first kappa shape index (κ1) is 17.8. The second-order valence-electron chi connectivity index (χ2n) is 4.44. The van der Waals surface area contributed by atoms with Gasteiger partial charge in [0.05, 0.1) is 0 Å². The van der Waals surface area contributed by atoms with Crippen LogP contribution < -0.4 is 5.32 Å². The van der Waals surface area contributed by atoms with Crippen LogP contribution in [0.4, 0.5) is 13.2 Å². The summed E-state index contributed by atoms with van der Waals surface area (Å²) in [4.78, 5) is 11.6. The van der Waals surface area contributed by atoms with E-state index in [4.69, 9.17) is 10.7 Å². The standard InChI is InChI=1S/C11H14ClF3N2O3S/c1-17-7-8(21(12,19)20)6-9(17)10(18)16-5-3-2-4-11(13,14)15/h6-7H,2-5H2,1H3,(H,16,18). The number of nitrogens with one attached hydrogen (secondary N) is 1. The van der Waals surface area contributed by atoms with Gasteiger partial charge in [-0.25, -0.2) is 8.42 Å². The molecule has 5 nitrogen and oxygen atoms in total. The van der Waals surface area contributed by atoms with Gasteiger partial charge in [0, 0.05) is 36.9 Å². The molecule has 1 rings (SSSR count). The topological polar surface area (TPSA) is 68.2 Å². The lowest BCUT2D eigenvalue weighted by molar-refractivity contribution is -0.135. The Balaban J connectivity index is 2.52. The molecule has 0 aromatic carbocycles. The number of carbonyl (C=O) groups is 1. The summed E-state index contributed by atoms with van der Waals surface area (Å²) in [5, 5.41) is 2.43. The molecule has 1 amide bonds. The van der Waals surface area contributed by atoms with E-state index in [1.807, 2.05) is 0 Å². The van der Waals surface area contributed by atoms with Crippen LogP contribution in [-0.2, 0) is 16.1 Å². The van der Waals surface area contributed by atoms with Gasteiger partial charge in [-0.05, 0) is 18.9 Å². The molecule has 0 saturated carbocycles. The minimum Gasteiger partial charge on any atom is -0.351 e. The molecule has 10 heteroatoms. The smallest absolute Gasteiger partial charge is 0.351 e. The maximum Gasteiger partial charge on any atom is 0.389 e. The summed E-state index contributed by atoms with van der Waals surface area (Å²) in [7, 11) is 2.68. The molecule has 21 heavy (non-hydrogen) atoms. The van der Waals surface area contributed by atoms with Crippen LogP contribution in [0.1, 0.15) is 29.8 Å². The van der Waals surface area contributed by atoms with Crippen LogP contribution in [-0.4, -0.2) is 31.6 Å². The van der Waals surface area contributed by atoms with Crippen LogP contribution >= 0.6 is 10.7 Å². The van der Waals surface area contributed by atoms with Crippen molar-refractivity contribution in [3.05, 3.63) is 18.0 Å². The maximum atomic E-state index is 11.9. The van der Waals surface area contributed by atoms with Crippen molar-refractivity contribution in [1.82, 2.24) is 9.88 Å². The van der Waals surface area contributed by atoms with Gasteiger partial charge in [-0.15, -0.1) is 0 Å². The Hall–Kier alpha value is -1.22. The van der Waals surface area contributed by atoms with E-state index in [1.54, 1.807) is 0 Å². The highest BCUT2D eigenvalue weighted by atomic mass is 35.7. The van der Waals surface area contributed by atoms with Gasteiger partial charge < -0.3 is 9.88 Å². The number of rotatable bonds is 6. The van der Waals surface area contributed by atoms with Crippen LogP contribution in [0.15, 0.2) is 17.2 Å². The molecular weight excluding hydrogens is 333 g/mol. The molecule has 0 aliphatic rings. The summed E-state index contributed by atoms with van der Waals surface area (Å²) in [6.45, 7) is 0.0725. The molecule has 0 saturated heterocycles. The summed E-state index contributed by atoms with van der Waals surface area (Å²) in [6.07, 6.45) is -3.83. The van der Waals surface area contributed by atoms with E-state index in [-0.39, 0.29) is 30.0 Å². The van der Waals surface area contributed by atoms with E-state index in [2.05, 4.69) is 5.32 Å². The lowest BCUT2D eigenvalue weighted by atomic mass is 10.2. The minimum absolute atomic E-state index is 0.0602. The number of aromatic nitrogens is 1. The van der Waals surface area contributed by atoms with Crippen LogP contribution in [0.25, 0.3) is 0 Å². The lowest BCUT2D eigenvalue weighted by Crippen LogP contribution is -2.26. The second kappa shape index (κ2) is 6.69. The third-order valence-corrected chi connectivity index (χ3v) is 3.99. The normalized spacial score (nSPS) is 12.4. The third kappa shape index (κ3) is 5.96. The molecule has 0 spiro atoms. The van der Waals surface area contributed by atoms with E-state index < -0.39 is 27.6 Å². The fourth-order valence-corrected chi connectivity index (χ4v) is 2.43. The van der Waals surface area contributed by atoms with Crippen molar-refractivity contribution in [2.45, 2.75) is 30.3 Å². The maximum absolute atomic E-state index is 11.9. The van der Waals surface area contributed by atoms with Crippen molar-refractivity contribution in [2.75, 3.05) is 6.54 Å². The second-order valence-corrected chi connectivity index (χ2v) is 7.00. The van der Waals surface area contributed by atoms with Gasteiger partial charge in [-0.3, -0.25) is 4.79 Å². The Morgan fingerprint density at radius 1 is 1.38 bits per heavy atom. The number of carbonyl (C=O) groups excluding carboxylic acids is 1. The number of alkyl halides is 3. The third-order valence-electron chi connectivity index (χ3n) is 2.67. The molecule has 0 bridgehead atoms. The fraction of sp³-hybridized carbons (Fsp3) is 0.545. The summed E-state index contributed by atoms with van der Waals surface area (Å²) in [6, 6.07) is 1.10. The summed E-state index contributed by atoms with van der Waals surface area (Å²) in [5.74, 6) is -0.573. The molecule has 0 aliphatic heterocycles. The van der Waals surface area contributed by atoms with Crippen molar-refractivity contribution in [3.63, 3.8) is 0 Å². The highest BCUT2D eigenvalue weighted by Crippen LogP contribution is 2.22. The molecule has 0 unspecified atom stereocenters. The Morgan fingerprint density at radius 2 is 2.00 bits per heavy atom. The van der Waals surface area contributed by atoms with Crippen molar-refractivity contribution in [1.29, 1.82) is 0 Å². The highest BCUT2D eigenvalue weighted by molar-refractivity contribution is 8.13. The van der Waals surface area contributed by atoms with Crippen LogP contribution in [0.3, 0.4) is 0 Å².